The van der Waals surface area contributed by atoms with Gasteiger partial charge in [0, 0.05) is 6.54 Å². The lowest BCUT2D eigenvalue weighted by molar-refractivity contribution is 0.0228. The summed E-state index contributed by atoms with van der Waals surface area (Å²) in [5.74, 6) is 0.516. The monoisotopic (exact) mass is 293 g/mol. The second kappa shape index (κ2) is 8.56. The molecule has 1 heterocycles. The van der Waals surface area contributed by atoms with E-state index in [9.17, 15) is 9.50 Å². The number of rotatable bonds is 9. The molecule has 1 aromatic carbocycles. The number of aliphatic hydroxyl groups is 1. The van der Waals surface area contributed by atoms with E-state index in [0.29, 0.717) is 13.2 Å². The molecule has 1 aromatic heterocycles. The summed E-state index contributed by atoms with van der Waals surface area (Å²) in [6.07, 6.45) is 1.82. The molecular weight excluding hydrogens is 273 g/mol. The number of hydrogen-bond donors (Lipinski definition) is 2. The van der Waals surface area contributed by atoms with Crippen molar-refractivity contribution in [2.75, 3.05) is 19.7 Å². The average Bonchev–Trinajstić information content (AvgIpc) is 2.99. The standard InChI is InChI=1S/C16H20FNO3/c17-14-5-3-13(4-6-14)7-8-18-10-15(19)11-20-12-16-2-1-9-21-16/h1-6,9,15,18-19H,7-8,10-12H2. The second-order valence-electron chi connectivity index (χ2n) is 4.83. The molecule has 0 saturated heterocycles. The van der Waals surface area contributed by atoms with Crippen molar-refractivity contribution < 1.29 is 18.7 Å². The number of halogens is 1. The van der Waals surface area contributed by atoms with Crippen LogP contribution in [0.15, 0.2) is 47.1 Å². The van der Waals surface area contributed by atoms with E-state index in [1.54, 1.807) is 24.5 Å². The molecule has 1 atom stereocenters. The first-order valence-electron chi connectivity index (χ1n) is 6.97. The minimum Gasteiger partial charge on any atom is -0.467 e. The van der Waals surface area contributed by atoms with Crippen LogP contribution < -0.4 is 5.32 Å². The molecule has 0 aliphatic heterocycles. The first kappa shape index (κ1) is 15.7. The molecule has 0 amide bonds. The van der Waals surface area contributed by atoms with Crippen molar-refractivity contribution in [1.29, 1.82) is 0 Å². The van der Waals surface area contributed by atoms with Crippen molar-refractivity contribution in [1.82, 2.24) is 5.32 Å². The Labute approximate surface area is 123 Å². The molecule has 114 valence electrons. The molecule has 2 N–H and O–H groups in total. The van der Waals surface area contributed by atoms with Crippen LogP contribution in [0, 0.1) is 5.82 Å². The van der Waals surface area contributed by atoms with Crippen molar-refractivity contribution in [3.63, 3.8) is 0 Å². The third-order valence-corrected chi connectivity index (χ3v) is 3.02. The van der Waals surface area contributed by atoms with Gasteiger partial charge in [-0.15, -0.1) is 0 Å². The molecule has 2 aromatic rings. The third kappa shape index (κ3) is 6.08. The summed E-state index contributed by atoms with van der Waals surface area (Å²) in [4.78, 5) is 0. The van der Waals surface area contributed by atoms with E-state index in [4.69, 9.17) is 9.15 Å². The molecule has 1 unspecified atom stereocenters. The van der Waals surface area contributed by atoms with Crippen LogP contribution in [0.1, 0.15) is 11.3 Å². The van der Waals surface area contributed by atoms with Gasteiger partial charge in [-0.1, -0.05) is 12.1 Å². The molecule has 0 spiro atoms. The molecule has 2 rings (SSSR count). The fourth-order valence-electron chi connectivity index (χ4n) is 1.90. The maximum atomic E-state index is 12.7. The van der Waals surface area contributed by atoms with Crippen LogP contribution >= 0.6 is 0 Å². The highest BCUT2D eigenvalue weighted by Crippen LogP contribution is 2.03. The van der Waals surface area contributed by atoms with Gasteiger partial charge in [0.2, 0.25) is 0 Å². The molecular formula is C16H20FNO3. The van der Waals surface area contributed by atoms with Crippen molar-refractivity contribution in [2.24, 2.45) is 0 Å². The van der Waals surface area contributed by atoms with Crippen LogP contribution in [0.3, 0.4) is 0 Å². The quantitative estimate of drug-likeness (QED) is 0.695. The summed E-state index contributed by atoms with van der Waals surface area (Å²) in [7, 11) is 0. The maximum Gasteiger partial charge on any atom is 0.129 e. The summed E-state index contributed by atoms with van der Waals surface area (Å²) < 4.78 is 23.2. The SMILES string of the molecule is OC(CNCCc1ccc(F)cc1)COCc1ccco1. The van der Waals surface area contributed by atoms with Gasteiger partial charge < -0.3 is 19.6 Å². The van der Waals surface area contributed by atoms with Crippen molar-refractivity contribution in [2.45, 2.75) is 19.1 Å². The van der Waals surface area contributed by atoms with E-state index in [2.05, 4.69) is 5.32 Å². The Hall–Kier alpha value is -1.69. The minimum absolute atomic E-state index is 0.226. The Morgan fingerprint density at radius 1 is 1.24 bits per heavy atom. The first-order chi connectivity index (χ1) is 10.2. The van der Waals surface area contributed by atoms with E-state index < -0.39 is 6.10 Å². The minimum atomic E-state index is -0.562. The van der Waals surface area contributed by atoms with E-state index >= 15 is 0 Å². The average molecular weight is 293 g/mol. The highest BCUT2D eigenvalue weighted by atomic mass is 19.1. The van der Waals surface area contributed by atoms with Crippen LogP contribution in [-0.4, -0.2) is 30.9 Å². The van der Waals surface area contributed by atoms with Gasteiger partial charge in [0.05, 0.1) is 19.0 Å². The first-order valence-corrected chi connectivity index (χ1v) is 6.97. The van der Waals surface area contributed by atoms with Crippen molar-refractivity contribution in [3.05, 3.63) is 59.8 Å². The third-order valence-electron chi connectivity index (χ3n) is 3.02. The fourth-order valence-corrected chi connectivity index (χ4v) is 1.90. The van der Waals surface area contributed by atoms with E-state index in [1.165, 1.54) is 12.1 Å². The van der Waals surface area contributed by atoms with E-state index in [1.807, 2.05) is 6.07 Å². The number of furan rings is 1. The molecule has 0 aliphatic carbocycles. The predicted molar refractivity (Wildman–Crippen MR) is 77.3 cm³/mol. The van der Waals surface area contributed by atoms with E-state index in [-0.39, 0.29) is 12.4 Å². The Balaban J connectivity index is 1.52. The van der Waals surface area contributed by atoms with Gasteiger partial charge in [-0.3, -0.25) is 0 Å². The summed E-state index contributed by atoms with van der Waals surface area (Å²) >= 11 is 0. The zero-order chi connectivity index (χ0) is 14.9. The van der Waals surface area contributed by atoms with Gasteiger partial charge in [0.25, 0.3) is 0 Å². The smallest absolute Gasteiger partial charge is 0.129 e. The normalized spacial score (nSPS) is 12.5. The molecule has 0 bridgehead atoms. The lowest BCUT2D eigenvalue weighted by Gasteiger charge is -2.12. The zero-order valence-electron chi connectivity index (χ0n) is 11.8. The molecule has 5 heteroatoms. The Morgan fingerprint density at radius 3 is 2.76 bits per heavy atom. The molecule has 21 heavy (non-hydrogen) atoms. The fraction of sp³-hybridized carbons (Fsp3) is 0.375. The molecule has 0 radical (unpaired) electrons. The highest BCUT2D eigenvalue weighted by Gasteiger charge is 2.04. The summed E-state index contributed by atoms with van der Waals surface area (Å²) in [5.41, 5.74) is 1.06. The molecule has 4 nitrogen and oxygen atoms in total. The number of hydrogen-bond acceptors (Lipinski definition) is 4. The van der Waals surface area contributed by atoms with Crippen LogP contribution in [-0.2, 0) is 17.8 Å². The van der Waals surface area contributed by atoms with E-state index in [0.717, 1.165) is 24.3 Å². The zero-order valence-corrected chi connectivity index (χ0v) is 11.8. The van der Waals surface area contributed by atoms with Gasteiger partial charge in [-0.25, -0.2) is 4.39 Å². The maximum absolute atomic E-state index is 12.7. The molecule has 0 aliphatic rings. The topological polar surface area (TPSA) is 54.6 Å². The second-order valence-corrected chi connectivity index (χ2v) is 4.83. The molecule has 0 fully saturated rings. The lowest BCUT2D eigenvalue weighted by atomic mass is 10.1. The van der Waals surface area contributed by atoms with Gasteiger partial charge >= 0.3 is 0 Å². The Kier molecular flexibility index (Phi) is 6.40. The van der Waals surface area contributed by atoms with Gasteiger partial charge in [0.1, 0.15) is 18.2 Å². The summed E-state index contributed by atoms with van der Waals surface area (Å²) in [6, 6.07) is 10.1. The summed E-state index contributed by atoms with van der Waals surface area (Å²) in [5, 5.41) is 12.9. The van der Waals surface area contributed by atoms with Gasteiger partial charge in [-0.2, -0.15) is 0 Å². The number of nitrogens with one attached hydrogen (secondary N) is 1. The highest BCUT2D eigenvalue weighted by molar-refractivity contribution is 5.16. The predicted octanol–water partition coefficient (Wildman–Crippen LogP) is 2.13. The number of ether oxygens (including phenoxy) is 1. The van der Waals surface area contributed by atoms with Gasteiger partial charge in [0.15, 0.2) is 0 Å². The molecule has 0 saturated carbocycles. The van der Waals surface area contributed by atoms with Crippen molar-refractivity contribution in [3.8, 4) is 0 Å². The Morgan fingerprint density at radius 2 is 2.05 bits per heavy atom. The van der Waals surface area contributed by atoms with Crippen LogP contribution in [0.2, 0.25) is 0 Å². The largest absolute Gasteiger partial charge is 0.467 e. The Bertz CT molecular complexity index is 499. The van der Waals surface area contributed by atoms with Crippen LogP contribution in [0.5, 0.6) is 0 Å². The van der Waals surface area contributed by atoms with Crippen LogP contribution in [0.25, 0.3) is 0 Å². The van der Waals surface area contributed by atoms with Crippen molar-refractivity contribution >= 4 is 0 Å². The number of aliphatic hydroxyl groups excluding tert-OH is 1. The summed E-state index contributed by atoms with van der Waals surface area (Å²) in [6.45, 7) is 1.80. The van der Waals surface area contributed by atoms with Gasteiger partial charge in [-0.05, 0) is 42.8 Å². The van der Waals surface area contributed by atoms with Crippen LogP contribution in [0.4, 0.5) is 4.39 Å². The number of benzene rings is 1. The lowest BCUT2D eigenvalue weighted by Crippen LogP contribution is -2.31.